The van der Waals surface area contributed by atoms with Crippen molar-refractivity contribution < 1.29 is 23.8 Å². The van der Waals surface area contributed by atoms with E-state index in [9.17, 15) is 9.59 Å². The number of fused-ring (bicyclic) bond motifs is 1. The molecule has 4 rings (SSSR count). The Balaban J connectivity index is 1.39. The number of benzene rings is 2. The van der Waals surface area contributed by atoms with Gasteiger partial charge in [0.1, 0.15) is 22.8 Å². The van der Waals surface area contributed by atoms with Crippen molar-refractivity contribution in [3.63, 3.8) is 0 Å². The summed E-state index contributed by atoms with van der Waals surface area (Å²) in [7, 11) is 1.59. The summed E-state index contributed by atoms with van der Waals surface area (Å²) in [5.41, 5.74) is 2.22. The molecular weight excluding hydrogens is 418 g/mol. The Kier molecular flexibility index (Phi) is 6.12. The second-order valence-electron chi connectivity index (χ2n) is 10.2. The maximum atomic E-state index is 12.9. The van der Waals surface area contributed by atoms with E-state index >= 15 is 0 Å². The Morgan fingerprint density at radius 3 is 2.52 bits per heavy atom. The molecule has 2 aromatic carbocycles. The van der Waals surface area contributed by atoms with Crippen LogP contribution in [-0.2, 0) is 10.2 Å². The Morgan fingerprint density at radius 1 is 1.12 bits per heavy atom. The van der Waals surface area contributed by atoms with Gasteiger partial charge in [-0.15, -0.1) is 0 Å². The van der Waals surface area contributed by atoms with Crippen molar-refractivity contribution in [3.8, 4) is 17.2 Å². The topological polar surface area (TPSA) is 65.1 Å². The minimum absolute atomic E-state index is 0.00103. The lowest BCUT2D eigenvalue weighted by Crippen LogP contribution is -2.53. The van der Waals surface area contributed by atoms with Crippen molar-refractivity contribution in [1.82, 2.24) is 4.90 Å². The summed E-state index contributed by atoms with van der Waals surface area (Å²) in [6.07, 6.45) is 1.56. The Bertz CT molecular complexity index is 1060. The average Bonchev–Trinajstić information content (AvgIpc) is 2.77. The highest BCUT2D eigenvalue weighted by Gasteiger charge is 2.43. The quantitative estimate of drug-likeness (QED) is 0.674. The van der Waals surface area contributed by atoms with E-state index in [2.05, 4.69) is 33.8 Å². The Labute approximate surface area is 195 Å². The van der Waals surface area contributed by atoms with E-state index in [0.29, 0.717) is 49.4 Å². The first kappa shape index (κ1) is 23.1. The zero-order valence-electron chi connectivity index (χ0n) is 20.2. The number of likely N-dealkylation sites (tertiary alicyclic amines) is 1. The van der Waals surface area contributed by atoms with Crippen LogP contribution in [0.15, 0.2) is 36.4 Å². The maximum absolute atomic E-state index is 12.9. The molecule has 176 valence electrons. The first-order valence-corrected chi connectivity index (χ1v) is 11.5. The van der Waals surface area contributed by atoms with Gasteiger partial charge in [0.05, 0.1) is 19.1 Å². The van der Waals surface area contributed by atoms with Gasteiger partial charge in [-0.25, -0.2) is 0 Å². The second-order valence-corrected chi connectivity index (χ2v) is 10.2. The number of aryl methyl sites for hydroxylation is 1. The summed E-state index contributed by atoms with van der Waals surface area (Å²) < 4.78 is 17.6. The van der Waals surface area contributed by atoms with Crippen LogP contribution in [0.5, 0.6) is 17.2 Å². The van der Waals surface area contributed by atoms with Crippen molar-refractivity contribution in [3.05, 3.63) is 53.1 Å². The SMILES string of the molecule is COc1ccc2c(c1)OC1(CCN(C(=O)COc3ccc(C)cc3C(C)(C)C)CC1)CC2=O. The molecule has 6 heteroatoms. The molecule has 0 bridgehead atoms. The first-order valence-electron chi connectivity index (χ1n) is 11.5. The van der Waals surface area contributed by atoms with Gasteiger partial charge < -0.3 is 19.1 Å². The average molecular weight is 452 g/mol. The van der Waals surface area contributed by atoms with Gasteiger partial charge in [0.2, 0.25) is 0 Å². The molecule has 0 N–H and O–H groups in total. The van der Waals surface area contributed by atoms with E-state index in [1.807, 2.05) is 17.0 Å². The van der Waals surface area contributed by atoms with Crippen LogP contribution in [0.25, 0.3) is 0 Å². The summed E-state index contributed by atoms with van der Waals surface area (Å²) in [4.78, 5) is 27.5. The van der Waals surface area contributed by atoms with Crippen LogP contribution in [0.3, 0.4) is 0 Å². The van der Waals surface area contributed by atoms with Crippen molar-refractivity contribution >= 4 is 11.7 Å². The molecule has 1 amide bonds. The summed E-state index contributed by atoms with van der Waals surface area (Å²) in [5, 5.41) is 0. The molecule has 1 spiro atoms. The molecule has 2 aromatic rings. The molecule has 6 nitrogen and oxygen atoms in total. The van der Waals surface area contributed by atoms with Gasteiger partial charge in [-0.05, 0) is 36.1 Å². The zero-order chi connectivity index (χ0) is 23.8. The van der Waals surface area contributed by atoms with E-state index in [4.69, 9.17) is 14.2 Å². The zero-order valence-corrected chi connectivity index (χ0v) is 20.2. The van der Waals surface area contributed by atoms with Crippen LogP contribution in [-0.4, -0.2) is 49.0 Å². The fraction of sp³-hybridized carbons (Fsp3) is 0.481. The van der Waals surface area contributed by atoms with Gasteiger partial charge in [-0.2, -0.15) is 0 Å². The molecule has 2 aliphatic heterocycles. The normalized spacial score (nSPS) is 17.4. The summed E-state index contributed by atoms with van der Waals surface area (Å²) in [5.74, 6) is 2.02. The molecule has 0 aromatic heterocycles. The van der Waals surface area contributed by atoms with Gasteiger partial charge in [-0.3, -0.25) is 9.59 Å². The monoisotopic (exact) mass is 451 g/mol. The fourth-order valence-electron chi connectivity index (χ4n) is 4.63. The number of nitrogens with zero attached hydrogens (tertiary/aromatic N) is 1. The van der Waals surface area contributed by atoms with E-state index in [-0.39, 0.29) is 23.7 Å². The number of amides is 1. The number of ketones is 1. The van der Waals surface area contributed by atoms with Crippen LogP contribution in [0.1, 0.15) is 61.5 Å². The lowest BCUT2D eigenvalue weighted by atomic mass is 9.82. The predicted molar refractivity (Wildman–Crippen MR) is 126 cm³/mol. The molecule has 0 unspecified atom stereocenters. The molecule has 2 heterocycles. The minimum Gasteiger partial charge on any atom is -0.497 e. The predicted octanol–water partition coefficient (Wildman–Crippen LogP) is 4.71. The number of piperidine rings is 1. The van der Waals surface area contributed by atoms with Crippen LogP contribution in [0, 0.1) is 6.92 Å². The highest BCUT2D eigenvalue weighted by Crippen LogP contribution is 2.41. The van der Waals surface area contributed by atoms with Gasteiger partial charge in [0, 0.05) is 32.0 Å². The number of hydrogen-bond acceptors (Lipinski definition) is 5. The summed E-state index contributed by atoms with van der Waals surface area (Å²) in [6.45, 7) is 9.54. The number of methoxy groups -OCH3 is 1. The molecule has 0 saturated carbocycles. The first-order chi connectivity index (χ1) is 15.6. The van der Waals surface area contributed by atoms with Gasteiger partial charge in [-0.1, -0.05) is 38.5 Å². The third kappa shape index (κ3) is 4.85. The number of hydrogen-bond donors (Lipinski definition) is 0. The van der Waals surface area contributed by atoms with E-state index in [0.717, 1.165) is 11.3 Å². The lowest BCUT2D eigenvalue weighted by molar-refractivity contribution is -0.137. The third-order valence-corrected chi connectivity index (χ3v) is 6.62. The maximum Gasteiger partial charge on any atom is 0.260 e. The van der Waals surface area contributed by atoms with Gasteiger partial charge >= 0.3 is 0 Å². The summed E-state index contributed by atoms with van der Waals surface area (Å²) in [6, 6.07) is 11.4. The number of carbonyl (C=O) groups is 2. The van der Waals surface area contributed by atoms with Crippen LogP contribution < -0.4 is 14.2 Å². The van der Waals surface area contributed by atoms with Gasteiger partial charge in [0.25, 0.3) is 5.91 Å². The Morgan fingerprint density at radius 2 is 1.85 bits per heavy atom. The van der Waals surface area contributed by atoms with Crippen molar-refractivity contribution in [2.75, 3.05) is 26.8 Å². The number of Topliss-reactive ketones (excluding diaryl/α,β-unsaturated/α-hetero) is 1. The molecule has 2 aliphatic rings. The summed E-state index contributed by atoms with van der Waals surface area (Å²) >= 11 is 0. The molecular formula is C27H33NO5. The highest BCUT2D eigenvalue weighted by molar-refractivity contribution is 6.00. The fourth-order valence-corrected chi connectivity index (χ4v) is 4.63. The van der Waals surface area contributed by atoms with E-state index in [1.165, 1.54) is 5.56 Å². The van der Waals surface area contributed by atoms with Crippen LogP contribution in [0.2, 0.25) is 0 Å². The number of carbonyl (C=O) groups excluding carboxylic acids is 2. The van der Waals surface area contributed by atoms with Crippen molar-refractivity contribution in [2.45, 2.75) is 58.0 Å². The van der Waals surface area contributed by atoms with Crippen molar-refractivity contribution in [2.24, 2.45) is 0 Å². The number of ether oxygens (including phenoxy) is 3. The lowest BCUT2D eigenvalue weighted by Gasteiger charge is -2.44. The van der Waals surface area contributed by atoms with Crippen LogP contribution >= 0.6 is 0 Å². The van der Waals surface area contributed by atoms with Crippen molar-refractivity contribution in [1.29, 1.82) is 0 Å². The number of rotatable bonds is 4. The smallest absolute Gasteiger partial charge is 0.260 e. The molecule has 0 atom stereocenters. The standard InChI is InChI=1S/C27H33NO5/c1-18-6-9-23(21(14-18)26(2,3)4)32-17-25(30)28-12-10-27(11-13-28)16-22(29)20-8-7-19(31-5)15-24(20)33-27/h6-9,14-15H,10-13,16-17H2,1-5H3. The molecule has 1 fully saturated rings. The minimum atomic E-state index is -0.565. The third-order valence-electron chi connectivity index (χ3n) is 6.62. The van der Waals surface area contributed by atoms with E-state index < -0.39 is 5.60 Å². The molecule has 33 heavy (non-hydrogen) atoms. The second kappa shape index (κ2) is 8.73. The van der Waals surface area contributed by atoms with E-state index in [1.54, 1.807) is 25.3 Å². The molecule has 0 radical (unpaired) electrons. The van der Waals surface area contributed by atoms with Gasteiger partial charge in [0.15, 0.2) is 12.4 Å². The molecule has 1 saturated heterocycles. The highest BCUT2D eigenvalue weighted by atomic mass is 16.5. The largest absolute Gasteiger partial charge is 0.497 e. The molecule has 0 aliphatic carbocycles. The van der Waals surface area contributed by atoms with Crippen LogP contribution in [0.4, 0.5) is 0 Å². The Hall–Kier alpha value is -3.02.